The maximum atomic E-state index is 9.49. The maximum absolute atomic E-state index is 9.49. The summed E-state index contributed by atoms with van der Waals surface area (Å²) in [7, 11) is 0. The first-order valence-electron chi connectivity index (χ1n) is 5.48. The minimum absolute atomic E-state index is 0.0222. The normalized spacial score (nSPS) is 14.2. The van der Waals surface area contributed by atoms with Crippen LogP contribution in [0.5, 0.6) is 0 Å². The van der Waals surface area contributed by atoms with Gasteiger partial charge in [-0.1, -0.05) is 0 Å². The predicted octanol–water partition coefficient (Wildman–Crippen LogP) is 2.95. The zero-order valence-electron chi connectivity index (χ0n) is 9.77. The van der Waals surface area contributed by atoms with Crippen molar-refractivity contribution in [1.82, 2.24) is 0 Å². The minimum atomic E-state index is -0.417. The second-order valence-corrected chi connectivity index (χ2v) is 5.03. The molecular weight excluding hydrogens is 232 g/mol. The highest BCUT2D eigenvalue weighted by Crippen LogP contribution is 2.31. The summed E-state index contributed by atoms with van der Waals surface area (Å²) in [6.45, 7) is 3.69. The second kappa shape index (κ2) is 4.74. The molecule has 17 heavy (non-hydrogen) atoms. The lowest BCUT2D eigenvalue weighted by atomic mass is 10.1. The Bertz CT molecular complexity index is 568. The summed E-state index contributed by atoms with van der Waals surface area (Å²) in [6.07, 6.45) is -0.417. The van der Waals surface area contributed by atoms with Crippen molar-refractivity contribution < 1.29 is 5.11 Å². The number of aliphatic hydroxyl groups excluding tert-OH is 1. The number of rotatable bonds is 3. The van der Waals surface area contributed by atoms with Crippen molar-refractivity contribution >= 4 is 27.1 Å². The van der Waals surface area contributed by atoms with Crippen LogP contribution < -0.4 is 5.32 Å². The van der Waals surface area contributed by atoms with E-state index in [1.54, 1.807) is 18.3 Å². The van der Waals surface area contributed by atoms with E-state index in [0.717, 1.165) is 15.8 Å². The number of benzene rings is 1. The average Bonchev–Trinajstić information content (AvgIpc) is 2.78. The molecule has 2 atom stereocenters. The topological polar surface area (TPSA) is 56.0 Å². The summed E-state index contributed by atoms with van der Waals surface area (Å²) in [5.74, 6) is 0. The molecule has 1 aromatic heterocycles. The molecule has 1 heterocycles. The van der Waals surface area contributed by atoms with Crippen LogP contribution in [-0.2, 0) is 0 Å². The standard InChI is InChI=1S/C13H14N2OS/c1-8(9(2)16)15-12-4-3-10(7-14)13-11(12)5-6-17-13/h3-6,8-9,15-16H,1-2H3/t8-,9+/m0/s1. The van der Waals surface area contributed by atoms with E-state index in [1.807, 2.05) is 30.5 Å². The number of nitrogens with zero attached hydrogens (tertiary/aromatic N) is 1. The summed E-state index contributed by atoms with van der Waals surface area (Å²) >= 11 is 1.56. The Balaban J connectivity index is 2.43. The summed E-state index contributed by atoms with van der Waals surface area (Å²) < 4.78 is 0.996. The Labute approximate surface area is 104 Å². The summed E-state index contributed by atoms with van der Waals surface area (Å²) in [6, 6.07) is 7.88. The number of thiophene rings is 1. The minimum Gasteiger partial charge on any atom is -0.391 e. The number of hydrogen-bond acceptors (Lipinski definition) is 4. The van der Waals surface area contributed by atoms with Crippen LogP contribution in [0.3, 0.4) is 0 Å². The first kappa shape index (κ1) is 11.9. The first-order chi connectivity index (χ1) is 8.13. The van der Waals surface area contributed by atoms with E-state index in [4.69, 9.17) is 5.26 Å². The highest BCUT2D eigenvalue weighted by Gasteiger charge is 2.12. The average molecular weight is 246 g/mol. The lowest BCUT2D eigenvalue weighted by molar-refractivity contribution is 0.178. The molecule has 0 unspecified atom stereocenters. The molecule has 1 aromatic carbocycles. The summed E-state index contributed by atoms with van der Waals surface area (Å²) in [5.41, 5.74) is 1.67. The molecule has 0 fully saturated rings. The van der Waals surface area contributed by atoms with Crippen LogP contribution in [0.4, 0.5) is 5.69 Å². The number of anilines is 1. The highest BCUT2D eigenvalue weighted by atomic mass is 32.1. The van der Waals surface area contributed by atoms with E-state index in [-0.39, 0.29) is 6.04 Å². The van der Waals surface area contributed by atoms with Crippen molar-refractivity contribution in [2.24, 2.45) is 0 Å². The van der Waals surface area contributed by atoms with E-state index >= 15 is 0 Å². The Hall–Kier alpha value is -1.57. The third-order valence-corrected chi connectivity index (χ3v) is 3.79. The van der Waals surface area contributed by atoms with Gasteiger partial charge >= 0.3 is 0 Å². The van der Waals surface area contributed by atoms with Crippen LogP contribution in [0.25, 0.3) is 10.1 Å². The van der Waals surface area contributed by atoms with E-state index in [1.165, 1.54) is 0 Å². The zero-order chi connectivity index (χ0) is 12.4. The fourth-order valence-corrected chi connectivity index (χ4v) is 2.53. The van der Waals surface area contributed by atoms with E-state index in [9.17, 15) is 5.11 Å². The van der Waals surface area contributed by atoms with Crippen molar-refractivity contribution in [2.75, 3.05) is 5.32 Å². The van der Waals surface area contributed by atoms with Gasteiger partial charge in [-0.25, -0.2) is 0 Å². The Morgan fingerprint density at radius 2 is 2.12 bits per heavy atom. The van der Waals surface area contributed by atoms with Crippen molar-refractivity contribution in [3.8, 4) is 6.07 Å². The molecule has 4 heteroatoms. The molecule has 0 saturated heterocycles. The maximum Gasteiger partial charge on any atom is 0.101 e. The third-order valence-electron chi connectivity index (χ3n) is 2.84. The van der Waals surface area contributed by atoms with Gasteiger partial charge in [0.1, 0.15) is 6.07 Å². The predicted molar refractivity (Wildman–Crippen MR) is 71.3 cm³/mol. The quantitative estimate of drug-likeness (QED) is 0.875. The fourth-order valence-electron chi connectivity index (χ4n) is 1.64. The number of aliphatic hydroxyl groups is 1. The van der Waals surface area contributed by atoms with Crippen LogP contribution in [0, 0.1) is 11.3 Å². The van der Waals surface area contributed by atoms with Gasteiger partial charge in [-0.2, -0.15) is 5.26 Å². The molecule has 0 aliphatic heterocycles. The van der Waals surface area contributed by atoms with E-state index in [2.05, 4.69) is 11.4 Å². The van der Waals surface area contributed by atoms with Gasteiger partial charge < -0.3 is 10.4 Å². The van der Waals surface area contributed by atoms with Gasteiger partial charge in [-0.05, 0) is 37.4 Å². The van der Waals surface area contributed by atoms with E-state index in [0.29, 0.717) is 5.56 Å². The summed E-state index contributed by atoms with van der Waals surface area (Å²) in [4.78, 5) is 0. The van der Waals surface area contributed by atoms with Crippen LogP contribution in [0.1, 0.15) is 19.4 Å². The van der Waals surface area contributed by atoms with Crippen molar-refractivity contribution in [3.63, 3.8) is 0 Å². The van der Waals surface area contributed by atoms with Gasteiger partial charge in [0, 0.05) is 17.1 Å². The Kier molecular flexibility index (Phi) is 3.32. The molecule has 0 bridgehead atoms. The van der Waals surface area contributed by atoms with Crippen LogP contribution in [0.15, 0.2) is 23.6 Å². The van der Waals surface area contributed by atoms with Crippen molar-refractivity contribution in [2.45, 2.75) is 26.0 Å². The third kappa shape index (κ3) is 2.26. The molecule has 3 nitrogen and oxygen atoms in total. The van der Waals surface area contributed by atoms with Gasteiger partial charge in [0.2, 0.25) is 0 Å². The first-order valence-corrected chi connectivity index (χ1v) is 6.36. The lowest BCUT2D eigenvalue weighted by Gasteiger charge is -2.18. The van der Waals surface area contributed by atoms with Crippen LogP contribution in [0.2, 0.25) is 0 Å². The molecule has 0 aliphatic carbocycles. The van der Waals surface area contributed by atoms with E-state index < -0.39 is 6.10 Å². The Morgan fingerprint density at radius 1 is 1.35 bits per heavy atom. The molecule has 0 aliphatic rings. The van der Waals surface area contributed by atoms with Crippen LogP contribution >= 0.6 is 11.3 Å². The molecule has 0 amide bonds. The molecule has 2 N–H and O–H groups in total. The van der Waals surface area contributed by atoms with Gasteiger partial charge in [0.05, 0.1) is 16.4 Å². The highest BCUT2D eigenvalue weighted by molar-refractivity contribution is 7.17. The number of nitriles is 1. The van der Waals surface area contributed by atoms with Gasteiger partial charge in [0.15, 0.2) is 0 Å². The number of nitrogens with one attached hydrogen (secondary N) is 1. The van der Waals surface area contributed by atoms with Gasteiger partial charge in [0.25, 0.3) is 0 Å². The number of fused-ring (bicyclic) bond motifs is 1. The monoisotopic (exact) mass is 246 g/mol. The molecule has 2 aromatic rings. The van der Waals surface area contributed by atoms with Gasteiger partial charge in [-0.3, -0.25) is 0 Å². The number of hydrogen-bond donors (Lipinski definition) is 2. The molecule has 0 radical (unpaired) electrons. The molecule has 2 rings (SSSR count). The Morgan fingerprint density at radius 3 is 2.76 bits per heavy atom. The zero-order valence-corrected chi connectivity index (χ0v) is 10.6. The largest absolute Gasteiger partial charge is 0.391 e. The lowest BCUT2D eigenvalue weighted by Crippen LogP contribution is -2.27. The fraction of sp³-hybridized carbons (Fsp3) is 0.308. The smallest absolute Gasteiger partial charge is 0.101 e. The molecular formula is C13H14N2OS. The molecule has 0 saturated carbocycles. The van der Waals surface area contributed by atoms with Crippen LogP contribution in [-0.4, -0.2) is 17.3 Å². The van der Waals surface area contributed by atoms with Crippen molar-refractivity contribution in [3.05, 3.63) is 29.1 Å². The summed E-state index contributed by atoms with van der Waals surface area (Å²) in [5, 5.41) is 24.8. The molecule has 88 valence electrons. The van der Waals surface area contributed by atoms with Gasteiger partial charge in [-0.15, -0.1) is 11.3 Å². The SMILES string of the molecule is C[C@H](Nc1ccc(C#N)c2sccc12)[C@@H](C)O. The molecule has 0 spiro atoms. The second-order valence-electron chi connectivity index (χ2n) is 4.11. The van der Waals surface area contributed by atoms with Crippen molar-refractivity contribution in [1.29, 1.82) is 5.26 Å².